The van der Waals surface area contributed by atoms with Crippen LogP contribution in [0.1, 0.15) is 21.9 Å². The Morgan fingerprint density at radius 2 is 2.16 bits per heavy atom. The van der Waals surface area contributed by atoms with Crippen LogP contribution in [0, 0.1) is 0 Å². The number of nitrogens with zero attached hydrogens (tertiary/aromatic N) is 4. The van der Waals surface area contributed by atoms with Gasteiger partial charge in [0.2, 0.25) is 5.91 Å². The molecule has 3 aromatic rings. The molecule has 0 spiro atoms. The van der Waals surface area contributed by atoms with Crippen LogP contribution in [-0.2, 0) is 4.79 Å². The van der Waals surface area contributed by atoms with Gasteiger partial charge in [0, 0.05) is 22.9 Å². The largest absolute Gasteiger partial charge is 0.382 e. The standard InChI is InChI=1S/C18H18N6O.2H2/c1-11(25)24-8-6-12(7-9-24)15-10-20-17(19)16(21-15)18-22-13-4-2-3-5-14(13)23-18;;/h2-6,10H,7-9H2,1H3,(H2,19,20)(H,22,23);2*1H. The highest BCUT2D eigenvalue weighted by molar-refractivity contribution is 5.81. The second kappa shape index (κ2) is 6.01. The van der Waals surface area contributed by atoms with E-state index in [1.54, 1.807) is 18.0 Å². The first-order valence-electron chi connectivity index (χ1n) is 8.14. The van der Waals surface area contributed by atoms with Gasteiger partial charge in [-0.3, -0.25) is 4.79 Å². The number of carbonyl (C=O) groups excluding carboxylic acids is 1. The molecule has 7 nitrogen and oxygen atoms in total. The molecule has 0 atom stereocenters. The number of carbonyl (C=O) groups is 1. The fourth-order valence-electron chi connectivity index (χ4n) is 2.98. The molecule has 2 aromatic heterocycles. The molecular weight excluding hydrogens is 316 g/mol. The molecule has 0 radical (unpaired) electrons. The van der Waals surface area contributed by atoms with Gasteiger partial charge in [0.15, 0.2) is 11.6 Å². The fourth-order valence-corrected chi connectivity index (χ4v) is 2.98. The molecule has 1 amide bonds. The summed E-state index contributed by atoms with van der Waals surface area (Å²) in [6.45, 7) is 2.87. The first-order valence-corrected chi connectivity index (χ1v) is 8.14. The summed E-state index contributed by atoms with van der Waals surface area (Å²) in [5, 5.41) is 0. The third-order valence-corrected chi connectivity index (χ3v) is 4.40. The summed E-state index contributed by atoms with van der Waals surface area (Å²) in [4.78, 5) is 30.0. The van der Waals surface area contributed by atoms with E-state index < -0.39 is 0 Å². The minimum atomic E-state index is 0. The fraction of sp³-hybridized carbons (Fsp3) is 0.222. The normalized spacial score (nSPS) is 14.6. The lowest BCUT2D eigenvalue weighted by molar-refractivity contribution is -0.128. The van der Waals surface area contributed by atoms with Crippen molar-refractivity contribution in [2.24, 2.45) is 0 Å². The number of hydrogen-bond donors (Lipinski definition) is 2. The van der Waals surface area contributed by atoms with Crippen LogP contribution in [0.3, 0.4) is 0 Å². The van der Waals surface area contributed by atoms with Gasteiger partial charge in [0.25, 0.3) is 0 Å². The molecule has 4 rings (SSSR count). The van der Waals surface area contributed by atoms with Gasteiger partial charge in [0.05, 0.1) is 22.9 Å². The number of imidazole rings is 1. The van der Waals surface area contributed by atoms with Crippen molar-refractivity contribution in [2.75, 3.05) is 18.8 Å². The lowest BCUT2D eigenvalue weighted by Crippen LogP contribution is -2.32. The van der Waals surface area contributed by atoms with Crippen LogP contribution in [0.4, 0.5) is 5.82 Å². The molecule has 1 aliphatic heterocycles. The summed E-state index contributed by atoms with van der Waals surface area (Å²) in [5.74, 6) is 1.03. The number of rotatable bonds is 2. The zero-order chi connectivity index (χ0) is 17.4. The highest BCUT2D eigenvalue weighted by atomic mass is 16.2. The number of benzene rings is 1. The van der Waals surface area contributed by atoms with Crippen LogP contribution in [-0.4, -0.2) is 43.8 Å². The number of H-pyrrole nitrogens is 1. The number of nitrogens with one attached hydrogen (secondary N) is 1. The Bertz CT molecular complexity index is 967. The molecule has 0 fully saturated rings. The average molecular weight is 338 g/mol. The van der Waals surface area contributed by atoms with Gasteiger partial charge in [0.1, 0.15) is 5.69 Å². The second-order valence-electron chi connectivity index (χ2n) is 6.04. The average Bonchev–Trinajstić information content (AvgIpc) is 3.06. The maximum absolute atomic E-state index is 11.5. The van der Waals surface area contributed by atoms with Crippen LogP contribution in [0.25, 0.3) is 28.1 Å². The number of hydrogen-bond acceptors (Lipinski definition) is 5. The third-order valence-electron chi connectivity index (χ3n) is 4.40. The van der Waals surface area contributed by atoms with Gasteiger partial charge in [-0.25, -0.2) is 15.0 Å². The van der Waals surface area contributed by atoms with E-state index in [2.05, 4.69) is 19.9 Å². The molecule has 3 N–H and O–H groups in total. The molecule has 7 heteroatoms. The van der Waals surface area contributed by atoms with E-state index >= 15 is 0 Å². The molecule has 0 aliphatic carbocycles. The third kappa shape index (κ3) is 2.84. The Morgan fingerprint density at radius 3 is 2.88 bits per heavy atom. The molecule has 0 saturated carbocycles. The predicted molar refractivity (Wildman–Crippen MR) is 101 cm³/mol. The van der Waals surface area contributed by atoms with Gasteiger partial charge >= 0.3 is 0 Å². The van der Waals surface area contributed by atoms with Crippen molar-refractivity contribution in [1.82, 2.24) is 24.8 Å². The van der Waals surface area contributed by atoms with Crippen molar-refractivity contribution in [3.05, 3.63) is 42.2 Å². The summed E-state index contributed by atoms with van der Waals surface area (Å²) in [6, 6.07) is 7.78. The van der Waals surface area contributed by atoms with Gasteiger partial charge in [-0.2, -0.15) is 0 Å². The lowest BCUT2D eigenvalue weighted by Gasteiger charge is -2.25. The Labute approximate surface area is 147 Å². The Morgan fingerprint density at radius 1 is 1.32 bits per heavy atom. The van der Waals surface area contributed by atoms with Crippen molar-refractivity contribution in [2.45, 2.75) is 13.3 Å². The van der Waals surface area contributed by atoms with Crippen molar-refractivity contribution < 1.29 is 7.65 Å². The molecule has 0 unspecified atom stereocenters. The van der Waals surface area contributed by atoms with E-state index in [0.717, 1.165) is 28.7 Å². The Balaban J connectivity index is 0.00000131. The van der Waals surface area contributed by atoms with E-state index in [9.17, 15) is 4.79 Å². The molecule has 25 heavy (non-hydrogen) atoms. The van der Waals surface area contributed by atoms with E-state index in [4.69, 9.17) is 5.73 Å². The summed E-state index contributed by atoms with van der Waals surface area (Å²) in [7, 11) is 0. The van der Waals surface area contributed by atoms with Crippen LogP contribution >= 0.6 is 0 Å². The highest BCUT2D eigenvalue weighted by Gasteiger charge is 2.18. The number of aromatic nitrogens is 4. The zero-order valence-corrected chi connectivity index (χ0v) is 13.9. The monoisotopic (exact) mass is 338 g/mol. The number of aromatic amines is 1. The second-order valence-corrected chi connectivity index (χ2v) is 6.04. The quantitative estimate of drug-likeness (QED) is 0.748. The molecular formula is C18H22N6O. The van der Waals surface area contributed by atoms with Gasteiger partial charge < -0.3 is 15.6 Å². The molecule has 3 heterocycles. The predicted octanol–water partition coefficient (Wildman–Crippen LogP) is 2.73. The number of para-hydroxylation sites is 2. The van der Waals surface area contributed by atoms with E-state index in [1.807, 2.05) is 30.3 Å². The maximum Gasteiger partial charge on any atom is 0.219 e. The van der Waals surface area contributed by atoms with E-state index in [-0.39, 0.29) is 8.76 Å². The smallest absolute Gasteiger partial charge is 0.219 e. The van der Waals surface area contributed by atoms with Crippen LogP contribution in [0.15, 0.2) is 36.5 Å². The molecule has 1 aliphatic rings. The van der Waals surface area contributed by atoms with E-state index in [1.165, 1.54) is 0 Å². The molecule has 0 saturated heterocycles. The molecule has 130 valence electrons. The number of nitrogens with two attached hydrogens (primary N) is 1. The summed E-state index contributed by atoms with van der Waals surface area (Å²) in [6.07, 6.45) is 4.45. The lowest BCUT2D eigenvalue weighted by atomic mass is 10.0. The minimum absolute atomic E-state index is 0. The van der Waals surface area contributed by atoms with Crippen LogP contribution < -0.4 is 5.73 Å². The first kappa shape index (κ1) is 15.3. The van der Waals surface area contributed by atoms with Crippen molar-refractivity contribution in [1.29, 1.82) is 0 Å². The SMILES string of the molecule is CC(=O)N1CC=C(c2cnc(N)c(-c3nc4ccccc4[nH]3)n2)CC1.[HH].[HH]. The summed E-state index contributed by atoms with van der Waals surface area (Å²) < 4.78 is 0. The summed E-state index contributed by atoms with van der Waals surface area (Å²) in [5.41, 5.74) is 10.2. The van der Waals surface area contributed by atoms with Crippen LogP contribution in [0.5, 0.6) is 0 Å². The molecule has 1 aromatic carbocycles. The van der Waals surface area contributed by atoms with Crippen molar-refractivity contribution in [3.63, 3.8) is 0 Å². The highest BCUT2D eigenvalue weighted by Crippen LogP contribution is 2.26. The van der Waals surface area contributed by atoms with Crippen LogP contribution in [0.2, 0.25) is 0 Å². The van der Waals surface area contributed by atoms with Gasteiger partial charge in [-0.1, -0.05) is 18.2 Å². The minimum Gasteiger partial charge on any atom is -0.382 e. The van der Waals surface area contributed by atoms with Gasteiger partial charge in [-0.15, -0.1) is 0 Å². The number of nitrogen functional groups attached to an aromatic ring is 1. The summed E-state index contributed by atoms with van der Waals surface area (Å²) >= 11 is 0. The number of fused-ring (bicyclic) bond motifs is 1. The van der Waals surface area contributed by atoms with E-state index in [0.29, 0.717) is 30.4 Å². The topological polar surface area (TPSA) is 101 Å². The first-order chi connectivity index (χ1) is 12.1. The van der Waals surface area contributed by atoms with Crippen molar-refractivity contribution in [3.8, 4) is 11.5 Å². The number of amides is 1. The van der Waals surface area contributed by atoms with Gasteiger partial charge in [-0.05, 0) is 24.1 Å². The Kier molecular flexibility index (Phi) is 3.68. The zero-order valence-electron chi connectivity index (χ0n) is 13.9. The maximum atomic E-state index is 11.5. The molecule has 0 bridgehead atoms. The Hall–Kier alpha value is -3.22. The van der Waals surface area contributed by atoms with Crippen molar-refractivity contribution >= 4 is 28.3 Å². The number of anilines is 1.